The quantitative estimate of drug-likeness (QED) is 0.0261. The van der Waals surface area contributed by atoms with E-state index in [1.54, 1.807) is 0 Å². The van der Waals surface area contributed by atoms with E-state index in [4.69, 9.17) is 14.2 Å². The molecular formula is C68H118O6. The first kappa shape index (κ1) is 70.6. The highest BCUT2D eigenvalue weighted by atomic mass is 16.6. The minimum atomic E-state index is -0.785. The Morgan fingerprint density at radius 2 is 0.554 bits per heavy atom. The van der Waals surface area contributed by atoms with Gasteiger partial charge in [-0.3, -0.25) is 14.4 Å². The Balaban J connectivity index is 4.20. The molecule has 426 valence electrons. The molecule has 0 aliphatic carbocycles. The zero-order valence-electron chi connectivity index (χ0n) is 48.8. The summed E-state index contributed by atoms with van der Waals surface area (Å²) in [5, 5.41) is 0. The van der Waals surface area contributed by atoms with Gasteiger partial charge in [-0.2, -0.15) is 0 Å². The number of allylic oxidation sites excluding steroid dienone is 14. The van der Waals surface area contributed by atoms with Crippen molar-refractivity contribution >= 4 is 17.9 Å². The van der Waals surface area contributed by atoms with Gasteiger partial charge in [0.2, 0.25) is 0 Å². The Morgan fingerprint density at radius 3 is 0.892 bits per heavy atom. The molecule has 0 spiro atoms. The molecule has 0 aromatic carbocycles. The summed E-state index contributed by atoms with van der Waals surface area (Å²) in [6.07, 6.45) is 81.7. The number of ether oxygens (including phenoxy) is 3. The molecule has 1 unspecified atom stereocenters. The predicted molar refractivity (Wildman–Crippen MR) is 321 cm³/mol. The maximum Gasteiger partial charge on any atom is 0.306 e. The lowest BCUT2D eigenvalue weighted by molar-refractivity contribution is -0.167. The van der Waals surface area contributed by atoms with Crippen LogP contribution in [0.15, 0.2) is 85.1 Å². The van der Waals surface area contributed by atoms with Crippen LogP contribution in [0.3, 0.4) is 0 Å². The minimum absolute atomic E-state index is 0.0820. The third-order valence-corrected chi connectivity index (χ3v) is 13.6. The van der Waals surface area contributed by atoms with Gasteiger partial charge in [-0.15, -0.1) is 0 Å². The fourth-order valence-corrected chi connectivity index (χ4v) is 8.88. The fourth-order valence-electron chi connectivity index (χ4n) is 8.88. The molecular weight excluding hydrogens is 913 g/mol. The number of esters is 3. The van der Waals surface area contributed by atoms with Gasteiger partial charge in [0.25, 0.3) is 0 Å². The Hall–Kier alpha value is -3.41. The lowest BCUT2D eigenvalue weighted by atomic mass is 10.0. The third-order valence-electron chi connectivity index (χ3n) is 13.6. The highest BCUT2D eigenvalue weighted by Gasteiger charge is 2.19. The van der Waals surface area contributed by atoms with Crippen molar-refractivity contribution in [2.24, 2.45) is 0 Å². The first-order valence-corrected chi connectivity index (χ1v) is 31.6. The molecule has 74 heavy (non-hydrogen) atoms. The van der Waals surface area contributed by atoms with E-state index in [0.29, 0.717) is 19.3 Å². The molecule has 0 aliphatic heterocycles. The van der Waals surface area contributed by atoms with Crippen molar-refractivity contribution < 1.29 is 28.6 Å². The predicted octanol–water partition coefficient (Wildman–Crippen LogP) is 21.5. The number of unbranched alkanes of at least 4 members (excludes halogenated alkanes) is 32. The number of carbonyl (C=O) groups is 3. The number of hydrogen-bond acceptors (Lipinski definition) is 6. The van der Waals surface area contributed by atoms with Crippen LogP contribution in [-0.2, 0) is 28.6 Å². The van der Waals surface area contributed by atoms with Crippen LogP contribution in [0.4, 0.5) is 0 Å². The maximum atomic E-state index is 12.9. The zero-order chi connectivity index (χ0) is 53.6. The summed E-state index contributed by atoms with van der Waals surface area (Å²) in [6.45, 7) is 6.46. The zero-order valence-corrected chi connectivity index (χ0v) is 48.8. The van der Waals surface area contributed by atoms with Crippen LogP contribution in [0.2, 0.25) is 0 Å². The van der Waals surface area contributed by atoms with Crippen LogP contribution in [0.5, 0.6) is 0 Å². The van der Waals surface area contributed by atoms with Gasteiger partial charge < -0.3 is 14.2 Å². The first-order valence-electron chi connectivity index (χ1n) is 31.6. The van der Waals surface area contributed by atoms with Crippen molar-refractivity contribution in [3.63, 3.8) is 0 Å². The van der Waals surface area contributed by atoms with Gasteiger partial charge in [-0.25, -0.2) is 0 Å². The van der Waals surface area contributed by atoms with Crippen molar-refractivity contribution in [1.82, 2.24) is 0 Å². The van der Waals surface area contributed by atoms with E-state index in [1.165, 1.54) is 148 Å². The Bertz CT molecular complexity index is 1420. The summed E-state index contributed by atoms with van der Waals surface area (Å²) in [4.78, 5) is 38.2. The second-order valence-corrected chi connectivity index (χ2v) is 20.9. The normalized spacial score (nSPS) is 12.6. The van der Waals surface area contributed by atoms with Gasteiger partial charge in [0.05, 0.1) is 0 Å². The van der Waals surface area contributed by atoms with Crippen molar-refractivity contribution in [2.45, 2.75) is 316 Å². The van der Waals surface area contributed by atoms with Gasteiger partial charge in [-0.05, 0) is 109 Å². The molecule has 1 atom stereocenters. The summed E-state index contributed by atoms with van der Waals surface area (Å²) in [5.74, 6) is -0.895. The molecule has 0 bridgehead atoms. The van der Waals surface area contributed by atoms with Crippen LogP contribution in [0.1, 0.15) is 310 Å². The van der Waals surface area contributed by atoms with E-state index in [9.17, 15) is 14.4 Å². The highest BCUT2D eigenvalue weighted by Crippen LogP contribution is 2.16. The molecule has 0 saturated carbocycles. The van der Waals surface area contributed by atoms with E-state index in [1.807, 2.05) is 0 Å². The summed E-state index contributed by atoms with van der Waals surface area (Å²) < 4.78 is 16.9. The average molecular weight is 1030 g/mol. The van der Waals surface area contributed by atoms with Crippen LogP contribution in [0.25, 0.3) is 0 Å². The molecule has 0 aromatic heterocycles. The van der Waals surface area contributed by atoms with Crippen molar-refractivity contribution in [1.29, 1.82) is 0 Å². The van der Waals surface area contributed by atoms with Crippen LogP contribution < -0.4 is 0 Å². The molecule has 0 fully saturated rings. The van der Waals surface area contributed by atoms with Crippen LogP contribution in [0, 0.1) is 0 Å². The molecule has 0 saturated heterocycles. The molecule has 0 aliphatic rings. The average Bonchev–Trinajstić information content (AvgIpc) is 3.40. The molecule has 6 heteroatoms. The third kappa shape index (κ3) is 59.5. The van der Waals surface area contributed by atoms with Crippen LogP contribution >= 0.6 is 0 Å². The van der Waals surface area contributed by atoms with Crippen molar-refractivity contribution in [3.8, 4) is 0 Å². The minimum Gasteiger partial charge on any atom is -0.462 e. The number of rotatable bonds is 57. The Morgan fingerprint density at radius 1 is 0.284 bits per heavy atom. The second-order valence-electron chi connectivity index (χ2n) is 20.9. The summed E-state index contributed by atoms with van der Waals surface area (Å²) in [6, 6.07) is 0. The van der Waals surface area contributed by atoms with Gasteiger partial charge in [0.1, 0.15) is 13.2 Å². The molecule has 0 aromatic rings. The SMILES string of the molecule is CC/C=C\C/C=C\C/C=C\C/C=C\CCCCCCCCCCCCCCCCCCC(=O)OCC(COC(=O)CCCCCCC/C=C\C/C=C\CCC)OC(=O)CCCCCCC/C=C\CCCCCCC. The van der Waals surface area contributed by atoms with E-state index < -0.39 is 6.10 Å². The number of carbonyl (C=O) groups excluding carboxylic acids is 3. The van der Waals surface area contributed by atoms with Crippen molar-refractivity contribution in [2.75, 3.05) is 13.2 Å². The van der Waals surface area contributed by atoms with Gasteiger partial charge in [0.15, 0.2) is 6.10 Å². The second kappa shape index (κ2) is 62.1. The molecule has 0 amide bonds. The fraction of sp³-hybridized carbons (Fsp3) is 0.750. The summed E-state index contributed by atoms with van der Waals surface area (Å²) in [5.41, 5.74) is 0. The topological polar surface area (TPSA) is 78.9 Å². The molecule has 0 N–H and O–H groups in total. The van der Waals surface area contributed by atoms with Gasteiger partial charge in [-0.1, -0.05) is 266 Å². The smallest absolute Gasteiger partial charge is 0.306 e. The van der Waals surface area contributed by atoms with Gasteiger partial charge in [0, 0.05) is 19.3 Å². The van der Waals surface area contributed by atoms with E-state index in [2.05, 4.69) is 106 Å². The number of hydrogen-bond donors (Lipinski definition) is 0. The lowest BCUT2D eigenvalue weighted by Gasteiger charge is -2.18. The molecule has 0 radical (unpaired) electrons. The van der Waals surface area contributed by atoms with Crippen molar-refractivity contribution in [3.05, 3.63) is 85.1 Å². The van der Waals surface area contributed by atoms with Gasteiger partial charge >= 0.3 is 17.9 Å². The van der Waals surface area contributed by atoms with E-state index in [-0.39, 0.29) is 31.1 Å². The summed E-state index contributed by atoms with van der Waals surface area (Å²) >= 11 is 0. The molecule has 0 rings (SSSR count). The summed E-state index contributed by atoms with van der Waals surface area (Å²) in [7, 11) is 0. The Kier molecular flexibility index (Phi) is 59.3. The highest BCUT2D eigenvalue weighted by molar-refractivity contribution is 5.71. The lowest BCUT2D eigenvalue weighted by Crippen LogP contribution is -2.30. The standard InChI is InChI=1S/C68H118O6/c1-4-7-10-13-16-19-22-25-27-28-29-30-31-32-33-34-35-36-37-38-39-40-41-44-46-49-52-55-58-61-67(70)73-64-65(63-72-66(69)60-57-54-51-48-45-42-24-21-18-15-12-9-6-3)74-68(71)62-59-56-53-50-47-43-26-23-20-17-14-11-8-5-2/h7,10,12,15-16,19,21,23-27,29-30,65H,4-6,8-9,11,13-14,17-18,20,22,28,31-64H2,1-3H3/b10-7-,15-12-,19-16-,24-21-,26-23-,27-25-,30-29-. The molecule has 6 nitrogen and oxygen atoms in total. The maximum absolute atomic E-state index is 12.9. The monoisotopic (exact) mass is 1030 g/mol. The largest absolute Gasteiger partial charge is 0.462 e. The van der Waals surface area contributed by atoms with Crippen LogP contribution in [-0.4, -0.2) is 37.2 Å². The van der Waals surface area contributed by atoms with E-state index >= 15 is 0 Å². The Labute approximate surface area is 458 Å². The van der Waals surface area contributed by atoms with E-state index in [0.717, 1.165) is 122 Å². The first-order chi connectivity index (χ1) is 36.5. The molecule has 0 heterocycles.